The molecule has 14 heavy (non-hydrogen) atoms. The number of hydrogen-bond acceptors (Lipinski definition) is 3. The van der Waals surface area contributed by atoms with Crippen LogP contribution in [0.25, 0.3) is 0 Å². The maximum absolute atomic E-state index is 5.29. The largest absolute Gasteiger partial charge is 0.374 e. The van der Waals surface area contributed by atoms with E-state index in [2.05, 4.69) is 6.58 Å². The lowest BCUT2D eigenvalue weighted by molar-refractivity contribution is -0.401. The monoisotopic (exact) mass is 202 g/mol. The van der Waals surface area contributed by atoms with Gasteiger partial charge in [0, 0.05) is 0 Å². The van der Waals surface area contributed by atoms with Gasteiger partial charge >= 0.3 is 0 Å². The van der Waals surface area contributed by atoms with E-state index in [-0.39, 0.29) is 5.60 Å². The summed E-state index contributed by atoms with van der Waals surface area (Å²) in [6, 6.07) is 0. The number of hydrogen-bond donors (Lipinski definition) is 0. The third-order valence-electron chi connectivity index (χ3n) is 1.20. The normalized spacial score (nSPS) is 12.9. The summed E-state index contributed by atoms with van der Waals surface area (Å²) < 4.78 is 5.29. The third kappa shape index (κ3) is 8.23. The van der Waals surface area contributed by atoms with Crippen LogP contribution in [0.1, 0.15) is 34.6 Å². The first kappa shape index (κ1) is 13.6. The summed E-state index contributed by atoms with van der Waals surface area (Å²) in [5, 5.41) is 0. The fourth-order valence-corrected chi connectivity index (χ4v) is 0.650. The Balaban J connectivity index is 3.77. The van der Waals surface area contributed by atoms with Crippen molar-refractivity contribution < 1.29 is 14.5 Å². The van der Waals surface area contributed by atoms with Gasteiger partial charge in [-0.05, 0) is 34.6 Å². The zero-order valence-electron chi connectivity index (χ0n) is 9.92. The smallest absolute Gasteiger partial charge is 0.121 e. The van der Waals surface area contributed by atoms with Gasteiger partial charge in [-0.2, -0.15) is 0 Å². The van der Waals surface area contributed by atoms with Gasteiger partial charge in [0.2, 0.25) is 0 Å². The van der Waals surface area contributed by atoms with Gasteiger partial charge < -0.3 is 4.74 Å². The Morgan fingerprint density at radius 1 is 1.07 bits per heavy atom. The first-order valence-corrected chi connectivity index (χ1v) is 4.82. The molecule has 0 radical (unpaired) electrons. The summed E-state index contributed by atoms with van der Waals surface area (Å²) in [7, 11) is 0. The van der Waals surface area contributed by atoms with Crippen molar-refractivity contribution in [1.82, 2.24) is 0 Å². The number of ether oxygens (including phenoxy) is 1. The summed E-state index contributed by atoms with van der Waals surface area (Å²) in [6.45, 7) is 14.2. The van der Waals surface area contributed by atoms with Crippen molar-refractivity contribution in [3.05, 3.63) is 12.7 Å². The van der Waals surface area contributed by atoms with E-state index < -0.39 is 5.60 Å². The highest BCUT2D eigenvalue weighted by atomic mass is 17.2. The van der Waals surface area contributed by atoms with E-state index in [1.807, 2.05) is 34.6 Å². The molecule has 0 aromatic heterocycles. The SMILES string of the molecule is C=CCOCC(C)(C)OOC(C)(C)C. The molecule has 0 amide bonds. The minimum absolute atomic E-state index is 0.296. The summed E-state index contributed by atoms with van der Waals surface area (Å²) >= 11 is 0. The average molecular weight is 202 g/mol. The van der Waals surface area contributed by atoms with E-state index in [0.29, 0.717) is 13.2 Å². The Labute approximate surface area is 87.0 Å². The molecule has 0 heterocycles. The molecule has 0 spiro atoms. The van der Waals surface area contributed by atoms with Crippen LogP contribution in [0.15, 0.2) is 12.7 Å². The molecule has 0 saturated carbocycles. The van der Waals surface area contributed by atoms with Crippen molar-refractivity contribution in [2.45, 2.75) is 45.8 Å². The van der Waals surface area contributed by atoms with Crippen LogP contribution in [-0.2, 0) is 14.5 Å². The van der Waals surface area contributed by atoms with Crippen molar-refractivity contribution in [3.8, 4) is 0 Å². The summed E-state index contributed by atoms with van der Waals surface area (Å²) in [5.41, 5.74) is -0.730. The predicted molar refractivity (Wildman–Crippen MR) is 57.0 cm³/mol. The van der Waals surface area contributed by atoms with Crippen LogP contribution < -0.4 is 0 Å². The molecule has 0 N–H and O–H groups in total. The van der Waals surface area contributed by atoms with Gasteiger partial charge in [-0.1, -0.05) is 6.08 Å². The lowest BCUT2D eigenvalue weighted by Gasteiger charge is -2.28. The van der Waals surface area contributed by atoms with Gasteiger partial charge in [-0.3, -0.25) is 0 Å². The molecule has 0 aromatic carbocycles. The Kier molecular flexibility index (Phi) is 5.34. The maximum Gasteiger partial charge on any atom is 0.121 e. The second-order valence-electron chi connectivity index (χ2n) is 4.84. The van der Waals surface area contributed by atoms with Gasteiger partial charge in [-0.15, -0.1) is 6.58 Å². The zero-order valence-corrected chi connectivity index (χ0v) is 9.92. The summed E-state index contributed by atoms with van der Waals surface area (Å²) in [5.74, 6) is 0. The van der Waals surface area contributed by atoms with Crippen LogP contribution in [0.3, 0.4) is 0 Å². The molecule has 3 heteroatoms. The van der Waals surface area contributed by atoms with Crippen molar-refractivity contribution in [3.63, 3.8) is 0 Å². The maximum atomic E-state index is 5.29. The molecule has 0 saturated heterocycles. The van der Waals surface area contributed by atoms with E-state index in [1.54, 1.807) is 6.08 Å². The molecule has 0 aliphatic rings. The Hall–Kier alpha value is -0.380. The van der Waals surface area contributed by atoms with Crippen LogP contribution in [0, 0.1) is 0 Å². The Morgan fingerprint density at radius 3 is 2.07 bits per heavy atom. The minimum Gasteiger partial charge on any atom is -0.374 e. The van der Waals surface area contributed by atoms with Crippen LogP contribution in [-0.4, -0.2) is 24.4 Å². The highest BCUT2D eigenvalue weighted by Gasteiger charge is 2.23. The van der Waals surface area contributed by atoms with Crippen LogP contribution in [0.4, 0.5) is 0 Å². The van der Waals surface area contributed by atoms with Crippen LogP contribution in [0.2, 0.25) is 0 Å². The van der Waals surface area contributed by atoms with Crippen molar-refractivity contribution >= 4 is 0 Å². The van der Waals surface area contributed by atoms with Gasteiger partial charge in [-0.25, -0.2) is 9.78 Å². The van der Waals surface area contributed by atoms with Crippen molar-refractivity contribution in [2.24, 2.45) is 0 Å². The quantitative estimate of drug-likeness (QED) is 0.287. The Bertz CT molecular complexity index is 168. The standard InChI is InChI=1S/C11H22O3/c1-7-8-12-9-11(5,6)14-13-10(2,3)4/h7H,1,8-9H2,2-6H3. The number of rotatable bonds is 6. The molecule has 0 rings (SSSR count). The van der Waals surface area contributed by atoms with Crippen molar-refractivity contribution in [1.29, 1.82) is 0 Å². The molecule has 0 unspecified atom stereocenters. The molecule has 0 fully saturated rings. The second-order valence-corrected chi connectivity index (χ2v) is 4.84. The first-order valence-electron chi connectivity index (χ1n) is 4.82. The second kappa shape index (κ2) is 5.49. The zero-order chi connectivity index (χ0) is 11.2. The molecule has 0 aliphatic heterocycles. The molecule has 0 aromatic rings. The summed E-state index contributed by atoms with van der Waals surface area (Å²) in [4.78, 5) is 10.5. The van der Waals surface area contributed by atoms with Gasteiger partial charge in [0.25, 0.3) is 0 Å². The van der Waals surface area contributed by atoms with Crippen molar-refractivity contribution in [2.75, 3.05) is 13.2 Å². The molecule has 0 atom stereocenters. The molecule has 0 aliphatic carbocycles. The Morgan fingerprint density at radius 2 is 1.64 bits per heavy atom. The molecular weight excluding hydrogens is 180 g/mol. The first-order chi connectivity index (χ1) is 6.27. The third-order valence-corrected chi connectivity index (χ3v) is 1.20. The fourth-order valence-electron chi connectivity index (χ4n) is 0.650. The topological polar surface area (TPSA) is 27.7 Å². The minimum atomic E-state index is -0.434. The van der Waals surface area contributed by atoms with E-state index in [4.69, 9.17) is 14.5 Å². The lowest BCUT2D eigenvalue weighted by Crippen LogP contribution is -2.34. The molecule has 84 valence electrons. The van der Waals surface area contributed by atoms with E-state index in [9.17, 15) is 0 Å². The highest BCUT2D eigenvalue weighted by Crippen LogP contribution is 2.16. The van der Waals surface area contributed by atoms with Gasteiger partial charge in [0.1, 0.15) is 5.60 Å². The highest BCUT2D eigenvalue weighted by molar-refractivity contribution is 4.69. The van der Waals surface area contributed by atoms with Crippen LogP contribution in [0.5, 0.6) is 0 Å². The molecular formula is C11H22O3. The fraction of sp³-hybridized carbons (Fsp3) is 0.818. The van der Waals surface area contributed by atoms with Gasteiger partial charge in [0.15, 0.2) is 0 Å². The molecule has 3 nitrogen and oxygen atoms in total. The van der Waals surface area contributed by atoms with E-state index in [1.165, 1.54) is 0 Å². The van der Waals surface area contributed by atoms with E-state index >= 15 is 0 Å². The summed E-state index contributed by atoms with van der Waals surface area (Å²) in [6.07, 6.45) is 1.71. The van der Waals surface area contributed by atoms with Gasteiger partial charge in [0.05, 0.1) is 18.8 Å². The van der Waals surface area contributed by atoms with E-state index in [0.717, 1.165) is 0 Å². The predicted octanol–water partition coefficient (Wildman–Crippen LogP) is 2.71. The molecule has 0 bridgehead atoms. The van der Waals surface area contributed by atoms with Crippen LogP contribution >= 0.6 is 0 Å². The average Bonchev–Trinajstić information content (AvgIpc) is 2.00. The lowest BCUT2D eigenvalue weighted by atomic mass is 10.1.